The van der Waals surface area contributed by atoms with E-state index < -0.39 is 11.8 Å². The van der Waals surface area contributed by atoms with Crippen LogP contribution in [0.15, 0.2) is 0 Å². The minimum atomic E-state index is -0.822. The minimum Gasteiger partial charge on any atom is -0.381 e. The molecule has 0 saturated carbocycles. The second-order valence-corrected chi connectivity index (χ2v) is 3.60. The summed E-state index contributed by atoms with van der Waals surface area (Å²) in [5.74, 6) is 3.32. The predicted octanol–water partition coefficient (Wildman–Crippen LogP) is -1.34. The topological polar surface area (TPSA) is 93.5 Å². The molecule has 1 aliphatic rings. The zero-order valence-electron chi connectivity index (χ0n) is 8.13. The maximum Gasteiger partial charge on any atom is 0.323 e. The highest BCUT2D eigenvalue weighted by atomic mass is 16.5. The molecular weight excluding hydrogens is 186 g/mol. The second-order valence-electron chi connectivity index (χ2n) is 3.60. The van der Waals surface area contributed by atoms with Gasteiger partial charge in [-0.1, -0.05) is 0 Å². The summed E-state index contributed by atoms with van der Waals surface area (Å²) in [6.45, 7) is 3.08. The molecule has 1 heterocycles. The first-order chi connectivity index (χ1) is 6.57. The van der Waals surface area contributed by atoms with Crippen molar-refractivity contribution in [2.75, 3.05) is 13.2 Å². The molecule has 0 aromatic heterocycles. The molecule has 0 aromatic rings. The van der Waals surface area contributed by atoms with Gasteiger partial charge in [-0.05, 0) is 19.8 Å². The molecule has 0 unspecified atom stereocenters. The second kappa shape index (κ2) is 4.39. The molecule has 0 bridgehead atoms. The molecule has 1 rings (SSSR count). The Morgan fingerprint density at radius 3 is 2.36 bits per heavy atom. The highest BCUT2D eigenvalue weighted by molar-refractivity contribution is 6.35. The molecule has 1 saturated heterocycles. The van der Waals surface area contributed by atoms with Crippen LogP contribution >= 0.6 is 0 Å². The van der Waals surface area contributed by atoms with Crippen LogP contribution in [0.25, 0.3) is 0 Å². The van der Waals surface area contributed by atoms with Gasteiger partial charge in [0.15, 0.2) is 0 Å². The van der Waals surface area contributed by atoms with E-state index >= 15 is 0 Å². The summed E-state index contributed by atoms with van der Waals surface area (Å²) in [7, 11) is 0. The van der Waals surface area contributed by atoms with E-state index in [1.807, 2.05) is 6.92 Å². The molecule has 1 aliphatic heterocycles. The Morgan fingerprint density at radius 2 is 1.86 bits per heavy atom. The molecule has 14 heavy (non-hydrogen) atoms. The van der Waals surface area contributed by atoms with Gasteiger partial charge >= 0.3 is 11.8 Å². The van der Waals surface area contributed by atoms with Crippen LogP contribution in [0.1, 0.15) is 19.8 Å². The number of carbonyl (C=O) groups is 2. The van der Waals surface area contributed by atoms with E-state index in [0.29, 0.717) is 26.1 Å². The van der Waals surface area contributed by atoms with Gasteiger partial charge in [-0.15, -0.1) is 0 Å². The number of carbonyl (C=O) groups excluding carboxylic acids is 2. The maximum absolute atomic E-state index is 11.2. The Labute approximate surface area is 82.1 Å². The lowest BCUT2D eigenvalue weighted by Crippen LogP contribution is -2.54. The van der Waals surface area contributed by atoms with Crippen molar-refractivity contribution in [2.45, 2.75) is 25.3 Å². The van der Waals surface area contributed by atoms with Crippen molar-refractivity contribution >= 4 is 11.8 Å². The zero-order chi connectivity index (χ0) is 10.6. The van der Waals surface area contributed by atoms with Crippen molar-refractivity contribution in [1.29, 1.82) is 0 Å². The average molecular weight is 201 g/mol. The lowest BCUT2D eigenvalue weighted by Gasteiger charge is -2.33. The number of hydrogen-bond acceptors (Lipinski definition) is 4. The van der Waals surface area contributed by atoms with Crippen LogP contribution in [0.5, 0.6) is 0 Å². The fourth-order valence-electron chi connectivity index (χ4n) is 1.34. The fourth-order valence-corrected chi connectivity index (χ4v) is 1.34. The van der Waals surface area contributed by atoms with Crippen molar-refractivity contribution in [3.8, 4) is 0 Å². The molecule has 6 nitrogen and oxygen atoms in total. The standard InChI is InChI=1S/C8H15N3O3/c1-8(2-4-14-5-3-8)10-6(12)7(13)11-9/h2-5,9H2,1H3,(H,10,12)(H,11,13). The molecule has 0 aliphatic carbocycles. The van der Waals surface area contributed by atoms with Crippen LogP contribution in [-0.4, -0.2) is 30.6 Å². The summed E-state index contributed by atoms with van der Waals surface area (Å²) in [5, 5.41) is 2.63. The minimum absolute atomic E-state index is 0.359. The first-order valence-electron chi connectivity index (χ1n) is 4.48. The Hall–Kier alpha value is -1.14. The van der Waals surface area contributed by atoms with Crippen LogP contribution in [0.4, 0.5) is 0 Å². The van der Waals surface area contributed by atoms with Gasteiger partial charge in [-0.25, -0.2) is 5.84 Å². The van der Waals surface area contributed by atoms with Crippen LogP contribution in [-0.2, 0) is 14.3 Å². The van der Waals surface area contributed by atoms with E-state index in [4.69, 9.17) is 10.6 Å². The van der Waals surface area contributed by atoms with Crippen LogP contribution < -0.4 is 16.6 Å². The van der Waals surface area contributed by atoms with E-state index in [1.165, 1.54) is 0 Å². The van der Waals surface area contributed by atoms with Gasteiger partial charge in [0.1, 0.15) is 0 Å². The summed E-state index contributed by atoms with van der Waals surface area (Å²) < 4.78 is 5.16. The summed E-state index contributed by atoms with van der Waals surface area (Å²) in [4.78, 5) is 22.1. The Morgan fingerprint density at radius 1 is 1.29 bits per heavy atom. The Kier molecular flexibility index (Phi) is 3.43. The quantitative estimate of drug-likeness (QED) is 0.212. The lowest BCUT2D eigenvalue weighted by molar-refractivity contribution is -0.141. The molecule has 4 N–H and O–H groups in total. The Bertz CT molecular complexity index is 236. The van der Waals surface area contributed by atoms with Gasteiger partial charge in [0, 0.05) is 18.8 Å². The highest BCUT2D eigenvalue weighted by Gasteiger charge is 2.30. The third-order valence-corrected chi connectivity index (χ3v) is 2.35. The van der Waals surface area contributed by atoms with Crippen molar-refractivity contribution < 1.29 is 14.3 Å². The van der Waals surface area contributed by atoms with Crippen molar-refractivity contribution in [2.24, 2.45) is 5.84 Å². The molecular formula is C8H15N3O3. The molecule has 0 spiro atoms. The first kappa shape index (κ1) is 10.9. The molecule has 6 heteroatoms. The highest BCUT2D eigenvalue weighted by Crippen LogP contribution is 2.19. The van der Waals surface area contributed by atoms with Crippen LogP contribution in [0, 0.1) is 0 Å². The van der Waals surface area contributed by atoms with Gasteiger partial charge in [-0.3, -0.25) is 15.0 Å². The Balaban J connectivity index is 2.49. The molecule has 80 valence electrons. The smallest absolute Gasteiger partial charge is 0.323 e. The van der Waals surface area contributed by atoms with Crippen molar-refractivity contribution in [3.63, 3.8) is 0 Å². The van der Waals surface area contributed by atoms with Crippen molar-refractivity contribution in [3.05, 3.63) is 0 Å². The zero-order valence-corrected chi connectivity index (χ0v) is 8.13. The van der Waals surface area contributed by atoms with Gasteiger partial charge in [0.2, 0.25) is 0 Å². The molecule has 0 atom stereocenters. The third-order valence-electron chi connectivity index (χ3n) is 2.35. The van der Waals surface area contributed by atoms with Crippen molar-refractivity contribution in [1.82, 2.24) is 10.7 Å². The van der Waals surface area contributed by atoms with E-state index in [9.17, 15) is 9.59 Å². The fraction of sp³-hybridized carbons (Fsp3) is 0.750. The van der Waals surface area contributed by atoms with Gasteiger partial charge in [-0.2, -0.15) is 0 Å². The molecule has 1 fully saturated rings. The number of amides is 2. The maximum atomic E-state index is 11.2. The van der Waals surface area contributed by atoms with Gasteiger partial charge in [0.25, 0.3) is 0 Å². The summed E-state index contributed by atoms with van der Waals surface area (Å²) >= 11 is 0. The monoisotopic (exact) mass is 201 g/mol. The number of nitrogens with one attached hydrogen (secondary N) is 2. The van der Waals surface area contributed by atoms with E-state index in [2.05, 4.69) is 5.32 Å². The van der Waals surface area contributed by atoms with E-state index in [-0.39, 0.29) is 5.54 Å². The van der Waals surface area contributed by atoms with Crippen LogP contribution in [0.3, 0.4) is 0 Å². The molecule has 0 radical (unpaired) electrons. The number of rotatable bonds is 1. The third kappa shape index (κ3) is 2.68. The number of hydrogen-bond donors (Lipinski definition) is 3. The SMILES string of the molecule is CC1(NC(=O)C(=O)NN)CCOCC1. The van der Waals surface area contributed by atoms with Crippen LogP contribution in [0.2, 0.25) is 0 Å². The largest absolute Gasteiger partial charge is 0.381 e. The van der Waals surface area contributed by atoms with E-state index in [1.54, 1.807) is 5.43 Å². The summed E-state index contributed by atoms with van der Waals surface area (Å²) in [5.41, 5.74) is 1.43. The lowest BCUT2D eigenvalue weighted by atomic mass is 9.92. The first-order valence-corrected chi connectivity index (χ1v) is 4.48. The normalized spacial score (nSPS) is 19.9. The number of ether oxygens (including phenoxy) is 1. The van der Waals surface area contributed by atoms with E-state index in [0.717, 1.165) is 0 Å². The van der Waals surface area contributed by atoms with Gasteiger partial charge in [0.05, 0.1) is 0 Å². The number of hydrazine groups is 1. The average Bonchev–Trinajstić information content (AvgIpc) is 2.17. The number of nitrogens with two attached hydrogens (primary N) is 1. The molecule has 0 aromatic carbocycles. The summed E-state index contributed by atoms with van der Waals surface area (Å²) in [6.07, 6.45) is 1.41. The predicted molar refractivity (Wildman–Crippen MR) is 48.9 cm³/mol. The summed E-state index contributed by atoms with van der Waals surface area (Å²) in [6, 6.07) is 0. The molecule has 2 amide bonds. The van der Waals surface area contributed by atoms with Gasteiger partial charge < -0.3 is 10.1 Å².